The monoisotopic (exact) mass is 457 g/mol. The fourth-order valence-corrected chi connectivity index (χ4v) is 6.06. The summed E-state index contributed by atoms with van der Waals surface area (Å²) >= 11 is 0. The number of rotatable bonds is 8. The smallest absolute Gasteiger partial charge is 0.243 e. The molecule has 170 valence electrons. The fourth-order valence-electron chi connectivity index (χ4n) is 4.53. The van der Waals surface area contributed by atoms with E-state index in [0.717, 1.165) is 25.1 Å². The summed E-state index contributed by atoms with van der Waals surface area (Å²) in [7, 11) is -0.610. The molecule has 0 radical (unpaired) electrons. The Bertz CT molecular complexity index is 1080. The third-order valence-electron chi connectivity index (χ3n) is 6.19. The molecule has 0 spiro atoms. The van der Waals surface area contributed by atoms with E-state index in [1.54, 1.807) is 40.7 Å². The lowest BCUT2D eigenvalue weighted by molar-refractivity contribution is 0.0927. The molecule has 4 rings (SSSR count). The van der Waals surface area contributed by atoms with E-state index in [2.05, 4.69) is 11.0 Å². The molecule has 0 aliphatic carbocycles. The molecule has 2 saturated heterocycles. The van der Waals surface area contributed by atoms with E-state index in [1.165, 1.54) is 20.3 Å². The Morgan fingerprint density at radius 2 is 1.66 bits per heavy atom. The predicted molar refractivity (Wildman–Crippen MR) is 118 cm³/mol. The highest BCUT2D eigenvalue weighted by molar-refractivity contribution is 7.89. The van der Waals surface area contributed by atoms with Crippen LogP contribution in [0.5, 0.6) is 17.2 Å². The van der Waals surface area contributed by atoms with Gasteiger partial charge in [0.2, 0.25) is 10.0 Å². The molecule has 2 aromatic rings. The minimum atomic E-state index is -3.63. The van der Waals surface area contributed by atoms with Crippen molar-refractivity contribution in [3.8, 4) is 23.3 Å². The Hall–Kier alpha value is -2.80. The number of ether oxygens (including phenoxy) is 3. The van der Waals surface area contributed by atoms with Gasteiger partial charge in [0, 0.05) is 37.8 Å². The van der Waals surface area contributed by atoms with Crippen molar-refractivity contribution in [1.29, 1.82) is 5.26 Å². The van der Waals surface area contributed by atoms with E-state index >= 15 is 0 Å². The Balaban J connectivity index is 1.39. The van der Waals surface area contributed by atoms with Crippen LogP contribution in [0.2, 0.25) is 0 Å². The van der Waals surface area contributed by atoms with Gasteiger partial charge in [-0.1, -0.05) is 0 Å². The first-order chi connectivity index (χ1) is 15.5. The van der Waals surface area contributed by atoms with Crippen LogP contribution in [0, 0.1) is 11.3 Å². The van der Waals surface area contributed by atoms with Crippen LogP contribution in [0.4, 0.5) is 0 Å². The molecule has 2 fully saturated rings. The second kappa shape index (κ2) is 9.36. The number of sulfonamides is 1. The molecule has 0 saturated carbocycles. The maximum atomic E-state index is 13.3. The van der Waals surface area contributed by atoms with Gasteiger partial charge in [0.1, 0.15) is 12.4 Å². The molecule has 2 atom stereocenters. The van der Waals surface area contributed by atoms with Crippen molar-refractivity contribution in [3.63, 3.8) is 0 Å². The lowest BCUT2D eigenvalue weighted by Crippen LogP contribution is -2.55. The van der Waals surface area contributed by atoms with Crippen LogP contribution in [-0.4, -0.2) is 70.2 Å². The third kappa shape index (κ3) is 4.39. The number of nitrogens with zero attached hydrogens (tertiary/aromatic N) is 3. The van der Waals surface area contributed by atoms with Gasteiger partial charge in [0.15, 0.2) is 11.5 Å². The summed E-state index contributed by atoms with van der Waals surface area (Å²) in [4.78, 5) is 2.58. The van der Waals surface area contributed by atoms with Crippen LogP contribution in [0.1, 0.15) is 18.4 Å². The van der Waals surface area contributed by atoms with Gasteiger partial charge < -0.3 is 14.2 Å². The SMILES string of the molecule is COc1ccc(S(=O)(=O)N2CC3CCC(C2)N3CCOc2ccc(C#N)cc2)cc1OC. The summed E-state index contributed by atoms with van der Waals surface area (Å²) in [5, 5.41) is 8.89. The van der Waals surface area contributed by atoms with E-state index in [0.29, 0.717) is 36.8 Å². The molecule has 2 heterocycles. The van der Waals surface area contributed by atoms with Gasteiger partial charge in [0.05, 0.1) is 30.7 Å². The van der Waals surface area contributed by atoms with Crippen molar-refractivity contribution in [3.05, 3.63) is 48.0 Å². The van der Waals surface area contributed by atoms with Crippen molar-refractivity contribution in [2.24, 2.45) is 0 Å². The first kappa shape index (κ1) is 22.4. The van der Waals surface area contributed by atoms with Gasteiger partial charge in [-0.3, -0.25) is 4.90 Å². The van der Waals surface area contributed by atoms with E-state index in [9.17, 15) is 8.42 Å². The minimum Gasteiger partial charge on any atom is -0.493 e. The van der Waals surface area contributed by atoms with E-state index in [4.69, 9.17) is 19.5 Å². The highest BCUT2D eigenvalue weighted by Gasteiger charge is 2.43. The topological polar surface area (TPSA) is 92.1 Å². The Kier molecular flexibility index (Phi) is 6.55. The normalized spacial score (nSPS) is 21.2. The highest BCUT2D eigenvalue weighted by Crippen LogP contribution is 2.35. The molecule has 0 aromatic heterocycles. The molecule has 2 aliphatic heterocycles. The Morgan fingerprint density at radius 1 is 1.00 bits per heavy atom. The highest BCUT2D eigenvalue weighted by atomic mass is 32.2. The van der Waals surface area contributed by atoms with Crippen LogP contribution in [0.15, 0.2) is 47.4 Å². The van der Waals surface area contributed by atoms with Crippen molar-refractivity contribution >= 4 is 10.0 Å². The number of benzene rings is 2. The molecule has 2 bridgehead atoms. The summed E-state index contributed by atoms with van der Waals surface area (Å²) in [6.45, 7) is 2.18. The van der Waals surface area contributed by atoms with Crippen LogP contribution < -0.4 is 14.2 Å². The molecule has 32 heavy (non-hydrogen) atoms. The van der Waals surface area contributed by atoms with Crippen molar-refractivity contribution in [2.75, 3.05) is 40.5 Å². The second-order valence-corrected chi connectivity index (χ2v) is 9.88. The maximum Gasteiger partial charge on any atom is 0.243 e. The molecule has 0 N–H and O–H groups in total. The van der Waals surface area contributed by atoms with E-state index in [-0.39, 0.29) is 17.0 Å². The standard InChI is InChI=1S/C23H27N3O5S/c1-29-22-10-9-21(13-23(22)30-2)32(27,28)25-15-18-5-6-19(16-25)26(18)11-12-31-20-7-3-17(14-24)4-8-20/h3-4,7-10,13,18-19H,5-6,11-12,15-16H2,1-2H3. The van der Waals surface area contributed by atoms with Gasteiger partial charge in [-0.25, -0.2) is 8.42 Å². The second-order valence-electron chi connectivity index (χ2n) is 7.95. The summed E-state index contributed by atoms with van der Waals surface area (Å²) < 4.78 is 44.5. The summed E-state index contributed by atoms with van der Waals surface area (Å²) in [6, 6.07) is 14.2. The zero-order valence-corrected chi connectivity index (χ0v) is 19.0. The van der Waals surface area contributed by atoms with Crippen LogP contribution in [0.3, 0.4) is 0 Å². The van der Waals surface area contributed by atoms with Gasteiger partial charge in [-0.15, -0.1) is 0 Å². The number of fused-ring (bicyclic) bond motifs is 2. The largest absolute Gasteiger partial charge is 0.493 e. The minimum absolute atomic E-state index is 0.174. The first-order valence-corrected chi connectivity index (χ1v) is 12.0. The third-order valence-corrected chi connectivity index (χ3v) is 8.02. The molecule has 2 aliphatic rings. The van der Waals surface area contributed by atoms with Gasteiger partial charge in [-0.05, 0) is 49.2 Å². The first-order valence-electron chi connectivity index (χ1n) is 10.6. The van der Waals surface area contributed by atoms with Gasteiger partial charge in [-0.2, -0.15) is 9.57 Å². The molecule has 8 nitrogen and oxygen atoms in total. The fraction of sp³-hybridized carbons (Fsp3) is 0.435. The number of piperazine rings is 1. The average molecular weight is 458 g/mol. The number of hydrogen-bond acceptors (Lipinski definition) is 7. The molecular formula is C23H27N3O5S. The lowest BCUT2D eigenvalue weighted by atomic mass is 10.2. The molecular weight excluding hydrogens is 430 g/mol. The van der Waals surface area contributed by atoms with Crippen LogP contribution in [0.25, 0.3) is 0 Å². The lowest BCUT2D eigenvalue weighted by Gasteiger charge is -2.40. The quantitative estimate of drug-likeness (QED) is 0.601. The molecule has 0 amide bonds. The summed E-state index contributed by atoms with van der Waals surface area (Å²) in [6.07, 6.45) is 1.94. The average Bonchev–Trinajstić information content (AvgIpc) is 3.04. The Morgan fingerprint density at radius 3 is 2.25 bits per heavy atom. The van der Waals surface area contributed by atoms with E-state index < -0.39 is 10.0 Å². The Labute approximate surface area is 189 Å². The molecule has 2 aromatic carbocycles. The van der Waals surface area contributed by atoms with E-state index in [1.807, 2.05) is 0 Å². The number of nitriles is 1. The zero-order chi connectivity index (χ0) is 22.7. The van der Waals surface area contributed by atoms with Crippen molar-refractivity contribution in [1.82, 2.24) is 9.21 Å². The van der Waals surface area contributed by atoms with Crippen molar-refractivity contribution < 1.29 is 22.6 Å². The number of hydrogen-bond donors (Lipinski definition) is 0. The predicted octanol–water partition coefficient (Wildman–Crippen LogP) is 2.49. The number of methoxy groups -OCH3 is 2. The van der Waals surface area contributed by atoms with Crippen molar-refractivity contribution in [2.45, 2.75) is 29.8 Å². The van der Waals surface area contributed by atoms with Crippen LogP contribution in [-0.2, 0) is 10.0 Å². The van der Waals surface area contributed by atoms with Crippen LogP contribution >= 0.6 is 0 Å². The maximum absolute atomic E-state index is 13.3. The molecule has 2 unspecified atom stereocenters. The van der Waals surface area contributed by atoms with Gasteiger partial charge in [0.25, 0.3) is 0 Å². The summed E-state index contributed by atoms with van der Waals surface area (Å²) in [5.74, 6) is 1.62. The summed E-state index contributed by atoms with van der Waals surface area (Å²) in [5.41, 5.74) is 0.599. The molecule has 9 heteroatoms. The van der Waals surface area contributed by atoms with Gasteiger partial charge >= 0.3 is 0 Å². The zero-order valence-electron chi connectivity index (χ0n) is 18.2.